The van der Waals surface area contributed by atoms with Gasteiger partial charge in [0.05, 0.1) is 28.4 Å². The Balaban J connectivity index is 1.48. The minimum atomic E-state index is -0.874. The predicted molar refractivity (Wildman–Crippen MR) is 142 cm³/mol. The van der Waals surface area contributed by atoms with Gasteiger partial charge in [-0.3, -0.25) is 14.5 Å². The van der Waals surface area contributed by atoms with Gasteiger partial charge in [0.25, 0.3) is 5.91 Å². The first kappa shape index (κ1) is 23.0. The molecule has 0 spiro atoms. The number of Topliss-reactive ketones (excluding diaryl/α,β-unsaturated/α-hetero) is 1. The molecule has 0 bridgehead atoms. The number of hydrogen-bond donors (Lipinski definition) is 1. The SMILES string of the molecule is CCOc1ccc2nc(N3C(=O)C(O)=C(C(=O)c4cc5ccccc5o4)[C@@H]3c3ccc(C)cc3)sc2c1. The normalized spacial score (nSPS) is 15.8. The highest BCUT2D eigenvalue weighted by molar-refractivity contribution is 7.22. The number of rotatable bonds is 6. The van der Waals surface area contributed by atoms with E-state index in [0.717, 1.165) is 15.6 Å². The molecular formula is C29H22N2O5S. The zero-order valence-electron chi connectivity index (χ0n) is 20.1. The number of thiazole rings is 1. The number of aromatic nitrogens is 1. The van der Waals surface area contributed by atoms with Gasteiger partial charge in [0, 0.05) is 5.39 Å². The molecule has 1 aliphatic rings. The molecule has 0 saturated heterocycles. The van der Waals surface area contributed by atoms with Crippen molar-refractivity contribution in [2.24, 2.45) is 0 Å². The molecule has 8 heteroatoms. The number of hydrogen-bond acceptors (Lipinski definition) is 7. The second-order valence-electron chi connectivity index (χ2n) is 8.79. The number of carbonyl (C=O) groups is 2. The van der Waals surface area contributed by atoms with Crippen LogP contribution in [0.25, 0.3) is 21.2 Å². The largest absolute Gasteiger partial charge is 0.503 e. The molecule has 1 atom stereocenters. The molecule has 7 nitrogen and oxygen atoms in total. The average Bonchev–Trinajstić information content (AvgIpc) is 3.58. The Kier molecular flexibility index (Phi) is 5.53. The minimum Gasteiger partial charge on any atom is -0.503 e. The Morgan fingerprint density at radius 1 is 1.11 bits per heavy atom. The molecule has 1 N–H and O–H groups in total. The zero-order chi connectivity index (χ0) is 25.7. The standard InChI is InChI=1S/C29H22N2O5S/c1-3-35-19-12-13-20-23(15-19)37-29(30-20)31-25(17-10-8-16(2)9-11-17)24(27(33)28(31)34)26(32)22-14-18-6-4-5-7-21(18)36-22/h4-15,25,33H,3H2,1-2H3/t25-/m0/s1. The number of aliphatic hydroxyl groups excluding tert-OH is 1. The number of fused-ring (bicyclic) bond motifs is 2. The quantitative estimate of drug-likeness (QED) is 0.261. The van der Waals surface area contributed by atoms with Crippen molar-refractivity contribution < 1.29 is 23.8 Å². The van der Waals surface area contributed by atoms with Crippen LogP contribution in [0.5, 0.6) is 5.75 Å². The van der Waals surface area contributed by atoms with Gasteiger partial charge in [0.2, 0.25) is 5.78 Å². The minimum absolute atomic E-state index is 0.0397. The Bertz CT molecular complexity index is 1680. The van der Waals surface area contributed by atoms with Crippen LogP contribution in [0.4, 0.5) is 5.13 Å². The number of amides is 1. The lowest BCUT2D eigenvalue weighted by molar-refractivity contribution is -0.117. The number of nitrogens with zero attached hydrogens (tertiary/aromatic N) is 2. The average molecular weight is 511 g/mol. The van der Waals surface area contributed by atoms with Crippen molar-refractivity contribution in [3.63, 3.8) is 0 Å². The molecule has 3 heterocycles. The van der Waals surface area contributed by atoms with Crippen molar-refractivity contribution in [3.8, 4) is 5.75 Å². The van der Waals surface area contributed by atoms with Gasteiger partial charge in [0.15, 0.2) is 16.7 Å². The van der Waals surface area contributed by atoms with Crippen LogP contribution in [0.1, 0.15) is 34.6 Å². The lowest BCUT2D eigenvalue weighted by Gasteiger charge is -2.24. The third kappa shape index (κ3) is 3.86. The summed E-state index contributed by atoms with van der Waals surface area (Å²) >= 11 is 1.30. The van der Waals surface area contributed by atoms with Crippen LogP contribution in [0, 0.1) is 6.92 Å². The molecule has 0 unspecified atom stereocenters. The van der Waals surface area contributed by atoms with Crippen LogP contribution in [0.15, 0.2) is 88.5 Å². The Morgan fingerprint density at radius 2 is 1.89 bits per heavy atom. The van der Waals surface area contributed by atoms with Crippen molar-refractivity contribution >= 4 is 49.3 Å². The highest BCUT2D eigenvalue weighted by atomic mass is 32.1. The molecule has 0 aliphatic carbocycles. The van der Waals surface area contributed by atoms with Gasteiger partial charge >= 0.3 is 0 Å². The number of ether oxygens (including phenoxy) is 1. The summed E-state index contributed by atoms with van der Waals surface area (Å²) in [6.45, 7) is 4.40. The molecule has 1 amide bonds. The number of para-hydroxylation sites is 1. The molecule has 0 radical (unpaired) electrons. The topological polar surface area (TPSA) is 92.9 Å². The number of carbonyl (C=O) groups excluding carboxylic acids is 2. The van der Waals surface area contributed by atoms with Crippen molar-refractivity contribution in [1.82, 2.24) is 4.98 Å². The Labute approximate surface area is 216 Å². The number of aryl methyl sites for hydroxylation is 1. The molecule has 0 saturated carbocycles. The molecule has 0 fully saturated rings. The summed E-state index contributed by atoms with van der Waals surface area (Å²) < 4.78 is 12.2. The first-order chi connectivity index (χ1) is 17.9. The second kappa shape index (κ2) is 8.90. The van der Waals surface area contributed by atoms with Crippen LogP contribution in [-0.4, -0.2) is 28.4 Å². The highest BCUT2D eigenvalue weighted by Gasteiger charge is 2.46. The van der Waals surface area contributed by atoms with Gasteiger partial charge in [-0.05, 0) is 49.7 Å². The molecule has 5 aromatic rings. The Morgan fingerprint density at radius 3 is 2.65 bits per heavy atom. The Hall–Kier alpha value is -4.43. The molecule has 6 rings (SSSR count). The number of benzene rings is 3. The fourth-order valence-electron chi connectivity index (χ4n) is 4.58. The van der Waals surface area contributed by atoms with Crippen molar-refractivity contribution in [2.45, 2.75) is 19.9 Å². The van der Waals surface area contributed by atoms with E-state index < -0.39 is 23.5 Å². The van der Waals surface area contributed by atoms with Gasteiger partial charge in [0.1, 0.15) is 11.3 Å². The van der Waals surface area contributed by atoms with E-state index in [1.807, 2.05) is 74.5 Å². The van der Waals surface area contributed by atoms with E-state index in [4.69, 9.17) is 9.15 Å². The van der Waals surface area contributed by atoms with Gasteiger partial charge in [-0.2, -0.15) is 0 Å². The zero-order valence-corrected chi connectivity index (χ0v) is 20.9. The summed E-state index contributed by atoms with van der Waals surface area (Å²) in [4.78, 5) is 33.3. The molecule has 37 heavy (non-hydrogen) atoms. The van der Waals surface area contributed by atoms with Crippen molar-refractivity contribution in [1.29, 1.82) is 0 Å². The van der Waals surface area contributed by atoms with Crippen molar-refractivity contribution in [2.75, 3.05) is 11.5 Å². The molecule has 3 aromatic carbocycles. The molecular weight excluding hydrogens is 488 g/mol. The van der Waals surface area contributed by atoms with Gasteiger partial charge in [-0.25, -0.2) is 4.98 Å². The summed E-state index contributed by atoms with van der Waals surface area (Å²) in [5.74, 6) is -1.08. The van der Waals surface area contributed by atoms with Gasteiger partial charge in [-0.15, -0.1) is 0 Å². The number of furan rings is 1. The molecule has 184 valence electrons. The van der Waals surface area contributed by atoms with Crippen LogP contribution < -0.4 is 9.64 Å². The van der Waals surface area contributed by atoms with E-state index in [2.05, 4.69) is 4.98 Å². The van der Waals surface area contributed by atoms with E-state index in [9.17, 15) is 14.7 Å². The lowest BCUT2D eigenvalue weighted by Crippen LogP contribution is -2.30. The van der Waals surface area contributed by atoms with Gasteiger partial charge in [-0.1, -0.05) is 59.4 Å². The third-order valence-electron chi connectivity index (χ3n) is 6.36. The molecule has 1 aliphatic heterocycles. The summed E-state index contributed by atoms with van der Waals surface area (Å²) in [5, 5.41) is 12.2. The third-order valence-corrected chi connectivity index (χ3v) is 7.38. The first-order valence-corrected chi connectivity index (χ1v) is 12.7. The maximum Gasteiger partial charge on any atom is 0.296 e. The first-order valence-electron chi connectivity index (χ1n) is 11.8. The smallest absolute Gasteiger partial charge is 0.296 e. The van der Waals surface area contributed by atoms with E-state index in [0.29, 0.717) is 34.2 Å². The lowest BCUT2D eigenvalue weighted by atomic mass is 9.94. The van der Waals surface area contributed by atoms with Crippen LogP contribution >= 0.6 is 11.3 Å². The van der Waals surface area contributed by atoms with E-state index >= 15 is 0 Å². The van der Waals surface area contributed by atoms with Crippen molar-refractivity contribution in [3.05, 3.63) is 101 Å². The van der Waals surface area contributed by atoms with E-state index in [1.165, 1.54) is 16.2 Å². The molecule has 2 aromatic heterocycles. The maximum atomic E-state index is 13.8. The summed E-state index contributed by atoms with van der Waals surface area (Å²) in [5.41, 5.74) is 2.91. The van der Waals surface area contributed by atoms with E-state index in [1.54, 1.807) is 12.1 Å². The monoisotopic (exact) mass is 510 g/mol. The van der Waals surface area contributed by atoms with Crippen LogP contribution in [0.3, 0.4) is 0 Å². The van der Waals surface area contributed by atoms with Crippen LogP contribution in [0.2, 0.25) is 0 Å². The fraction of sp³-hybridized carbons (Fsp3) is 0.138. The number of anilines is 1. The summed E-state index contributed by atoms with van der Waals surface area (Å²) in [6.07, 6.45) is 0. The second-order valence-corrected chi connectivity index (χ2v) is 9.80. The van der Waals surface area contributed by atoms with E-state index in [-0.39, 0.29) is 11.3 Å². The summed E-state index contributed by atoms with van der Waals surface area (Å²) in [7, 11) is 0. The number of ketones is 1. The van der Waals surface area contributed by atoms with Crippen LogP contribution in [-0.2, 0) is 4.79 Å². The number of aliphatic hydroxyl groups is 1. The maximum absolute atomic E-state index is 13.8. The fourth-order valence-corrected chi connectivity index (χ4v) is 5.60. The predicted octanol–water partition coefficient (Wildman–Crippen LogP) is 6.53. The highest BCUT2D eigenvalue weighted by Crippen LogP contribution is 2.44. The van der Waals surface area contributed by atoms with Gasteiger partial charge < -0.3 is 14.3 Å². The summed E-state index contributed by atoms with van der Waals surface area (Å²) in [6, 6.07) is 21.1.